The lowest BCUT2D eigenvalue weighted by Gasteiger charge is -2.07. The molecule has 0 saturated carbocycles. The van der Waals surface area contributed by atoms with Gasteiger partial charge in [0.25, 0.3) is 0 Å². The fourth-order valence-electron chi connectivity index (χ4n) is 2.22. The summed E-state index contributed by atoms with van der Waals surface area (Å²) in [5.41, 5.74) is 10.1. The van der Waals surface area contributed by atoms with Crippen LogP contribution < -0.4 is 10.5 Å². The first-order valence-corrected chi connectivity index (χ1v) is 6.98. The number of methoxy groups -OCH3 is 1. The Hall–Kier alpha value is -3.00. The van der Waals surface area contributed by atoms with Gasteiger partial charge in [0.2, 0.25) is 5.88 Å². The highest BCUT2D eigenvalue weighted by molar-refractivity contribution is 5.69. The third kappa shape index (κ3) is 2.47. The second-order valence-electron chi connectivity index (χ2n) is 4.77. The Morgan fingerprint density at radius 2 is 2.09 bits per heavy atom. The predicted octanol–water partition coefficient (Wildman–Crippen LogP) is 2.75. The van der Waals surface area contributed by atoms with E-state index in [1.165, 1.54) is 0 Å². The third-order valence-electron chi connectivity index (χ3n) is 3.30. The molecule has 3 heterocycles. The van der Waals surface area contributed by atoms with Crippen LogP contribution >= 0.6 is 0 Å². The minimum atomic E-state index is 0.432. The Bertz CT molecular complexity index is 887. The second-order valence-corrected chi connectivity index (χ2v) is 4.77. The molecule has 0 fully saturated rings. The molecule has 3 aromatic heterocycles. The summed E-state index contributed by atoms with van der Waals surface area (Å²) in [5.74, 6) is 6.61. The van der Waals surface area contributed by atoms with Gasteiger partial charge in [-0.3, -0.25) is 4.40 Å². The lowest BCUT2D eigenvalue weighted by molar-refractivity contribution is 0.400. The Kier molecular flexibility index (Phi) is 3.67. The highest BCUT2D eigenvalue weighted by Crippen LogP contribution is 2.26. The first kappa shape index (κ1) is 14.0. The van der Waals surface area contributed by atoms with E-state index in [9.17, 15) is 0 Å². The van der Waals surface area contributed by atoms with E-state index in [4.69, 9.17) is 10.5 Å². The largest absolute Gasteiger partial charge is 0.480 e. The van der Waals surface area contributed by atoms with Crippen LogP contribution in [0.25, 0.3) is 16.8 Å². The number of pyridine rings is 2. The lowest BCUT2D eigenvalue weighted by Crippen LogP contribution is -1.96. The molecule has 0 radical (unpaired) electrons. The van der Waals surface area contributed by atoms with Gasteiger partial charge >= 0.3 is 0 Å². The van der Waals surface area contributed by atoms with Gasteiger partial charge in [-0.05, 0) is 24.1 Å². The number of nitrogen functional groups attached to an aromatic ring is 1. The molecule has 0 aromatic carbocycles. The SMILES string of the molecule is CCC#Cc1cnc2ccc(-c3cnc(OC)c(N)c3)cn12. The van der Waals surface area contributed by atoms with Gasteiger partial charge in [-0.15, -0.1) is 0 Å². The minimum Gasteiger partial charge on any atom is -0.480 e. The van der Waals surface area contributed by atoms with E-state index in [0.29, 0.717) is 11.6 Å². The standard InChI is InChI=1S/C17H16N4O/c1-3-4-5-14-10-19-16-7-6-12(11-21(14)16)13-8-15(18)17(22-2)20-9-13/h6-11H,3,18H2,1-2H3. The number of nitrogens with zero attached hydrogens (tertiary/aromatic N) is 3. The maximum absolute atomic E-state index is 5.93. The van der Waals surface area contributed by atoms with E-state index in [0.717, 1.165) is 28.9 Å². The van der Waals surface area contributed by atoms with E-state index in [1.54, 1.807) is 19.5 Å². The molecule has 22 heavy (non-hydrogen) atoms. The Labute approximate surface area is 128 Å². The molecule has 5 heteroatoms. The van der Waals surface area contributed by atoms with Crippen LogP contribution in [0.1, 0.15) is 19.0 Å². The number of ether oxygens (including phenoxy) is 1. The molecule has 0 unspecified atom stereocenters. The van der Waals surface area contributed by atoms with E-state index in [-0.39, 0.29) is 0 Å². The van der Waals surface area contributed by atoms with Crippen LogP contribution in [0.5, 0.6) is 5.88 Å². The monoisotopic (exact) mass is 292 g/mol. The molecule has 2 N–H and O–H groups in total. The number of nitrogens with two attached hydrogens (primary N) is 1. The summed E-state index contributed by atoms with van der Waals surface area (Å²) in [6.07, 6.45) is 6.32. The molecule has 0 saturated heterocycles. The zero-order valence-electron chi connectivity index (χ0n) is 12.5. The zero-order chi connectivity index (χ0) is 15.5. The highest BCUT2D eigenvalue weighted by atomic mass is 16.5. The van der Waals surface area contributed by atoms with Crippen molar-refractivity contribution in [2.75, 3.05) is 12.8 Å². The van der Waals surface area contributed by atoms with Gasteiger partial charge < -0.3 is 10.5 Å². The first-order valence-electron chi connectivity index (χ1n) is 6.98. The van der Waals surface area contributed by atoms with Crippen molar-refractivity contribution in [1.29, 1.82) is 0 Å². The molecular weight excluding hydrogens is 276 g/mol. The summed E-state index contributed by atoms with van der Waals surface area (Å²) in [7, 11) is 1.55. The van der Waals surface area contributed by atoms with E-state index in [1.807, 2.05) is 35.7 Å². The molecule has 0 amide bonds. The van der Waals surface area contributed by atoms with Gasteiger partial charge in [-0.2, -0.15) is 0 Å². The van der Waals surface area contributed by atoms with Crippen LogP contribution in [0.2, 0.25) is 0 Å². The molecule has 3 aromatic rings. The van der Waals surface area contributed by atoms with Gasteiger partial charge in [0, 0.05) is 29.9 Å². The number of imidazole rings is 1. The molecule has 3 rings (SSSR count). The maximum atomic E-state index is 5.93. The molecule has 5 nitrogen and oxygen atoms in total. The van der Waals surface area contributed by atoms with Crippen LogP contribution in [0.15, 0.2) is 36.8 Å². The topological polar surface area (TPSA) is 65.4 Å². The molecule has 0 aliphatic heterocycles. The van der Waals surface area contributed by atoms with Crippen LogP contribution in [-0.2, 0) is 0 Å². The van der Waals surface area contributed by atoms with Crippen LogP contribution in [-0.4, -0.2) is 21.5 Å². The molecular formula is C17H16N4O. The van der Waals surface area contributed by atoms with Crippen molar-refractivity contribution < 1.29 is 4.74 Å². The van der Waals surface area contributed by atoms with Crippen molar-refractivity contribution in [3.05, 3.63) is 42.5 Å². The van der Waals surface area contributed by atoms with Crippen molar-refractivity contribution >= 4 is 11.3 Å². The lowest BCUT2D eigenvalue weighted by atomic mass is 10.1. The van der Waals surface area contributed by atoms with Crippen molar-refractivity contribution in [2.45, 2.75) is 13.3 Å². The normalized spacial score (nSPS) is 10.3. The Morgan fingerprint density at radius 1 is 1.23 bits per heavy atom. The van der Waals surface area contributed by atoms with Crippen molar-refractivity contribution in [3.8, 4) is 28.8 Å². The second kappa shape index (κ2) is 5.78. The number of hydrogen-bond acceptors (Lipinski definition) is 4. The van der Waals surface area contributed by atoms with E-state index >= 15 is 0 Å². The number of anilines is 1. The van der Waals surface area contributed by atoms with Crippen molar-refractivity contribution in [2.24, 2.45) is 0 Å². The molecule has 110 valence electrons. The average Bonchev–Trinajstić information content (AvgIpc) is 2.95. The minimum absolute atomic E-state index is 0.432. The third-order valence-corrected chi connectivity index (χ3v) is 3.30. The summed E-state index contributed by atoms with van der Waals surface area (Å²) < 4.78 is 7.06. The number of hydrogen-bond donors (Lipinski definition) is 1. The van der Waals surface area contributed by atoms with E-state index < -0.39 is 0 Å². The summed E-state index contributed by atoms with van der Waals surface area (Å²) in [5, 5.41) is 0. The Morgan fingerprint density at radius 3 is 2.82 bits per heavy atom. The number of aromatic nitrogens is 3. The van der Waals surface area contributed by atoms with Gasteiger partial charge in [0.15, 0.2) is 0 Å². The van der Waals surface area contributed by atoms with Crippen molar-refractivity contribution in [1.82, 2.24) is 14.4 Å². The molecule has 0 atom stereocenters. The van der Waals surface area contributed by atoms with Gasteiger partial charge in [-0.1, -0.05) is 12.8 Å². The fraction of sp³-hybridized carbons (Fsp3) is 0.176. The van der Waals surface area contributed by atoms with Crippen LogP contribution in [0.4, 0.5) is 5.69 Å². The fourth-order valence-corrected chi connectivity index (χ4v) is 2.22. The smallest absolute Gasteiger partial charge is 0.236 e. The number of fused-ring (bicyclic) bond motifs is 1. The Balaban J connectivity index is 2.09. The quantitative estimate of drug-likeness (QED) is 0.738. The summed E-state index contributed by atoms with van der Waals surface area (Å²) in [6.45, 7) is 2.02. The summed E-state index contributed by atoms with van der Waals surface area (Å²) in [6, 6.07) is 5.79. The molecule has 0 aliphatic carbocycles. The number of rotatable bonds is 2. The zero-order valence-corrected chi connectivity index (χ0v) is 12.5. The molecule has 0 bridgehead atoms. The predicted molar refractivity (Wildman–Crippen MR) is 86.6 cm³/mol. The van der Waals surface area contributed by atoms with Crippen molar-refractivity contribution in [3.63, 3.8) is 0 Å². The summed E-state index contributed by atoms with van der Waals surface area (Å²) >= 11 is 0. The van der Waals surface area contributed by atoms with Gasteiger partial charge in [-0.25, -0.2) is 9.97 Å². The molecule has 0 spiro atoms. The summed E-state index contributed by atoms with van der Waals surface area (Å²) in [4.78, 5) is 8.56. The maximum Gasteiger partial charge on any atom is 0.236 e. The van der Waals surface area contributed by atoms with Gasteiger partial charge in [0.1, 0.15) is 11.3 Å². The first-order chi connectivity index (χ1) is 10.7. The average molecular weight is 292 g/mol. The van der Waals surface area contributed by atoms with Crippen LogP contribution in [0.3, 0.4) is 0 Å². The molecule has 0 aliphatic rings. The van der Waals surface area contributed by atoms with Gasteiger partial charge in [0.05, 0.1) is 19.0 Å². The van der Waals surface area contributed by atoms with Crippen LogP contribution in [0, 0.1) is 11.8 Å². The van der Waals surface area contributed by atoms with E-state index in [2.05, 4.69) is 21.8 Å². The highest BCUT2D eigenvalue weighted by Gasteiger charge is 2.07.